The van der Waals surface area contributed by atoms with Crippen LogP contribution in [0, 0.1) is 6.92 Å². The Labute approximate surface area is 239 Å². The van der Waals surface area contributed by atoms with Crippen molar-refractivity contribution in [1.29, 1.82) is 0 Å². The van der Waals surface area contributed by atoms with Crippen molar-refractivity contribution in [2.24, 2.45) is 0 Å². The molecule has 3 aromatic rings. The molecule has 12 nitrogen and oxygen atoms in total. The summed E-state index contributed by atoms with van der Waals surface area (Å²) < 4.78 is 21.7. The van der Waals surface area contributed by atoms with Crippen molar-refractivity contribution in [1.82, 2.24) is 9.97 Å². The predicted octanol–water partition coefficient (Wildman–Crippen LogP) is 4.93. The molecule has 12 heteroatoms. The molecule has 1 heterocycles. The normalized spacial score (nSPS) is 10.4. The molecule has 0 atom stereocenters. The SMILES string of the molecule is C=CC(=O)Nc1cc(OCCOC)ccc1Nc1cc(N(C)C(=O)Nc2c(C)c(OC)cc(OC)c2CC)ncn1. The van der Waals surface area contributed by atoms with Gasteiger partial charge in [0.15, 0.2) is 0 Å². The van der Waals surface area contributed by atoms with Crippen LogP contribution in [0.3, 0.4) is 0 Å². The van der Waals surface area contributed by atoms with E-state index in [1.807, 2.05) is 13.8 Å². The monoisotopic (exact) mass is 564 g/mol. The average Bonchev–Trinajstić information content (AvgIpc) is 2.98. The van der Waals surface area contributed by atoms with Crippen molar-refractivity contribution in [2.75, 3.05) is 62.4 Å². The zero-order valence-electron chi connectivity index (χ0n) is 24.2. The molecule has 0 saturated heterocycles. The number of anilines is 5. The van der Waals surface area contributed by atoms with Crippen LogP contribution in [0.25, 0.3) is 0 Å². The molecule has 218 valence electrons. The molecule has 0 aliphatic rings. The molecule has 0 saturated carbocycles. The van der Waals surface area contributed by atoms with E-state index in [9.17, 15) is 9.59 Å². The fraction of sp³-hybridized carbons (Fsp3) is 0.310. The summed E-state index contributed by atoms with van der Waals surface area (Å²) in [4.78, 5) is 35.3. The zero-order valence-corrected chi connectivity index (χ0v) is 24.2. The van der Waals surface area contributed by atoms with Crippen LogP contribution in [0.1, 0.15) is 18.1 Å². The smallest absolute Gasteiger partial charge is 0.327 e. The van der Waals surface area contributed by atoms with Crippen LogP contribution < -0.4 is 35.1 Å². The van der Waals surface area contributed by atoms with Gasteiger partial charge in [-0.05, 0) is 31.6 Å². The maximum Gasteiger partial charge on any atom is 0.327 e. The van der Waals surface area contributed by atoms with Gasteiger partial charge >= 0.3 is 6.03 Å². The largest absolute Gasteiger partial charge is 0.496 e. The van der Waals surface area contributed by atoms with Crippen LogP contribution in [-0.4, -0.2) is 63.5 Å². The number of methoxy groups -OCH3 is 3. The minimum Gasteiger partial charge on any atom is -0.496 e. The van der Waals surface area contributed by atoms with Crippen molar-refractivity contribution >= 4 is 40.6 Å². The Hall–Kier alpha value is -4.84. The van der Waals surface area contributed by atoms with Crippen LogP contribution in [0.4, 0.5) is 33.5 Å². The molecule has 0 aliphatic heterocycles. The van der Waals surface area contributed by atoms with Gasteiger partial charge in [-0.3, -0.25) is 9.69 Å². The molecule has 0 spiro atoms. The third-order valence-electron chi connectivity index (χ3n) is 6.19. The Morgan fingerprint density at radius 3 is 2.41 bits per heavy atom. The first-order valence-electron chi connectivity index (χ1n) is 12.8. The standard InChI is InChI=1S/C29H36N6O6/c1-8-20-24(40-7)15-23(39-6)18(3)28(20)34-29(37)35(4)26-16-25(30-17-31-26)32-21-11-10-19(41-13-12-38-5)14-22(21)33-27(36)9-2/h9-11,14-17H,2,8,12-13H2,1,3-7H3,(H,33,36)(H,34,37)(H,30,31,32). The lowest BCUT2D eigenvalue weighted by Crippen LogP contribution is -2.32. The summed E-state index contributed by atoms with van der Waals surface area (Å²) in [6.07, 6.45) is 3.14. The second-order valence-corrected chi connectivity index (χ2v) is 8.73. The lowest BCUT2D eigenvalue weighted by atomic mass is 10.0. The van der Waals surface area contributed by atoms with Gasteiger partial charge in [0.25, 0.3) is 0 Å². The molecule has 41 heavy (non-hydrogen) atoms. The molecule has 1 aromatic heterocycles. The molecular weight excluding hydrogens is 528 g/mol. The van der Waals surface area contributed by atoms with Gasteiger partial charge in [0.05, 0.1) is 37.9 Å². The number of aromatic nitrogens is 2. The number of carbonyl (C=O) groups is 2. The minimum absolute atomic E-state index is 0.335. The fourth-order valence-electron chi connectivity index (χ4n) is 3.99. The lowest BCUT2D eigenvalue weighted by molar-refractivity contribution is -0.111. The van der Waals surface area contributed by atoms with Crippen molar-refractivity contribution in [2.45, 2.75) is 20.3 Å². The minimum atomic E-state index is -0.417. The number of nitrogens with one attached hydrogen (secondary N) is 3. The van der Waals surface area contributed by atoms with E-state index in [0.717, 1.165) is 11.1 Å². The van der Waals surface area contributed by atoms with Crippen molar-refractivity contribution in [3.8, 4) is 17.2 Å². The second-order valence-electron chi connectivity index (χ2n) is 8.73. The third-order valence-corrected chi connectivity index (χ3v) is 6.19. The number of benzene rings is 2. The van der Waals surface area contributed by atoms with Crippen molar-refractivity contribution in [3.63, 3.8) is 0 Å². The molecule has 0 bridgehead atoms. The first-order valence-corrected chi connectivity index (χ1v) is 12.8. The number of hydrogen-bond acceptors (Lipinski definition) is 9. The number of rotatable bonds is 13. The summed E-state index contributed by atoms with van der Waals surface area (Å²) >= 11 is 0. The van der Waals surface area contributed by atoms with E-state index in [2.05, 4.69) is 32.5 Å². The second kappa shape index (κ2) is 14.5. The summed E-state index contributed by atoms with van der Waals surface area (Å²) in [6, 6.07) is 8.17. The molecule has 2 aromatic carbocycles. The van der Waals surface area contributed by atoms with Gasteiger partial charge < -0.3 is 34.9 Å². The van der Waals surface area contributed by atoms with Crippen LogP contribution in [0.15, 0.2) is 49.3 Å². The van der Waals surface area contributed by atoms with Gasteiger partial charge in [-0.15, -0.1) is 0 Å². The molecule has 0 fully saturated rings. The highest BCUT2D eigenvalue weighted by Gasteiger charge is 2.21. The first-order chi connectivity index (χ1) is 19.8. The topological polar surface area (TPSA) is 136 Å². The summed E-state index contributed by atoms with van der Waals surface area (Å²) in [5.74, 6) is 2.10. The first kappa shape index (κ1) is 30.7. The lowest BCUT2D eigenvalue weighted by Gasteiger charge is -2.22. The molecule has 3 rings (SSSR count). The summed E-state index contributed by atoms with van der Waals surface area (Å²) in [6.45, 7) is 8.13. The van der Waals surface area contributed by atoms with Crippen LogP contribution in [-0.2, 0) is 16.0 Å². The van der Waals surface area contributed by atoms with Gasteiger partial charge in [0.2, 0.25) is 5.91 Å². The zero-order chi connectivity index (χ0) is 29.9. The van der Waals surface area contributed by atoms with Gasteiger partial charge in [-0.25, -0.2) is 14.8 Å². The number of ether oxygens (including phenoxy) is 4. The van der Waals surface area contributed by atoms with E-state index in [1.54, 1.807) is 58.7 Å². The van der Waals surface area contributed by atoms with Crippen molar-refractivity contribution in [3.05, 3.63) is 60.4 Å². The molecule has 3 N–H and O–H groups in total. The van der Waals surface area contributed by atoms with Crippen LogP contribution >= 0.6 is 0 Å². The van der Waals surface area contributed by atoms with Crippen LogP contribution in [0.5, 0.6) is 17.2 Å². The van der Waals surface area contributed by atoms with Crippen LogP contribution in [0.2, 0.25) is 0 Å². The highest BCUT2D eigenvalue weighted by molar-refractivity contribution is 6.03. The van der Waals surface area contributed by atoms with E-state index in [-0.39, 0.29) is 0 Å². The maximum absolute atomic E-state index is 13.3. The fourth-order valence-corrected chi connectivity index (χ4v) is 3.99. The van der Waals surface area contributed by atoms with E-state index in [1.165, 1.54) is 17.3 Å². The van der Waals surface area contributed by atoms with Gasteiger partial charge in [-0.1, -0.05) is 13.5 Å². The van der Waals surface area contributed by atoms with Gasteiger partial charge in [-0.2, -0.15) is 0 Å². The number of nitrogens with zero attached hydrogens (tertiary/aromatic N) is 3. The molecular formula is C29H36N6O6. The Balaban J connectivity index is 1.85. The Morgan fingerprint density at radius 2 is 1.76 bits per heavy atom. The molecule has 3 amide bonds. The molecule has 0 unspecified atom stereocenters. The van der Waals surface area contributed by atoms with E-state index in [0.29, 0.717) is 65.6 Å². The number of hydrogen-bond donors (Lipinski definition) is 3. The highest BCUT2D eigenvalue weighted by atomic mass is 16.5. The number of urea groups is 1. The average molecular weight is 565 g/mol. The predicted molar refractivity (Wildman–Crippen MR) is 159 cm³/mol. The maximum atomic E-state index is 13.3. The Bertz CT molecular complexity index is 1400. The third kappa shape index (κ3) is 7.63. The Kier molecular flexibility index (Phi) is 10.9. The van der Waals surface area contributed by atoms with E-state index in [4.69, 9.17) is 18.9 Å². The van der Waals surface area contributed by atoms with E-state index >= 15 is 0 Å². The van der Waals surface area contributed by atoms with Crippen molar-refractivity contribution < 1.29 is 28.5 Å². The van der Waals surface area contributed by atoms with Gasteiger partial charge in [0.1, 0.15) is 41.8 Å². The van der Waals surface area contributed by atoms with Gasteiger partial charge in [0, 0.05) is 43.5 Å². The Morgan fingerprint density at radius 1 is 1.00 bits per heavy atom. The summed E-state index contributed by atoms with van der Waals surface area (Å²) in [5, 5.41) is 8.90. The highest BCUT2D eigenvalue weighted by Crippen LogP contribution is 2.37. The number of amides is 3. The van der Waals surface area contributed by atoms with E-state index < -0.39 is 11.9 Å². The molecule has 0 aliphatic carbocycles. The summed E-state index contributed by atoms with van der Waals surface area (Å²) in [5.41, 5.74) is 3.23. The number of carbonyl (C=O) groups excluding carboxylic acids is 2. The summed E-state index contributed by atoms with van der Waals surface area (Å²) in [7, 11) is 6.33. The quantitative estimate of drug-likeness (QED) is 0.195. The molecule has 0 radical (unpaired) electrons.